The molecule has 0 atom stereocenters. The number of H-pyrrole nitrogens is 1. The highest BCUT2D eigenvalue weighted by Gasteiger charge is 2.14. The number of fused-ring (bicyclic) bond motifs is 1. The van der Waals surface area contributed by atoms with Gasteiger partial charge in [-0.25, -0.2) is 4.98 Å². The molecule has 0 amide bonds. The van der Waals surface area contributed by atoms with Crippen molar-refractivity contribution in [1.82, 2.24) is 24.3 Å². The first-order valence-corrected chi connectivity index (χ1v) is 7.02. The van der Waals surface area contributed by atoms with E-state index < -0.39 is 0 Å². The van der Waals surface area contributed by atoms with Crippen LogP contribution in [0.1, 0.15) is 17.6 Å². The van der Waals surface area contributed by atoms with Crippen LogP contribution in [0.2, 0.25) is 0 Å². The SMILES string of the molecule is CCc1nn(C)c2c1[nH]c(=S)n2Cc1nccs1. The lowest BCUT2D eigenvalue weighted by atomic mass is 10.3. The third-order valence-corrected chi connectivity index (χ3v) is 4.02. The Hall–Kier alpha value is -1.47. The smallest absolute Gasteiger partial charge is 0.179 e. The zero-order chi connectivity index (χ0) is 12.7. The van der Waals surface area contributed by atoms with Gasteiger partial charge < -0.3 is 4.98 Å². The van der Waals surface area contributed by atoms with E-state index in [0.29, 0.717) is 6.54 Å². The van der Waals surface area contributed by atoms with Gasteiger partial charge in [0.05, 0.1) is 12.2 Å². The molecule has 0 aliphatic heterocycles. The molecule has 5 nitrogen and oxygen atoms in total. The number of nitrogens with zero attached hydrogens (tertiary/aromatic N) is 4. The van der Waals surface area contributed by atoms with Crippen LogP contribution in [0.25, 0.3) is 11.2 Å². The highest BCUT2D eigenvalue weighted by molar-refractivity contribution is 7.71. The number of aryl methyl sites for hydroxylation is 2. The van der Waals surface area contributed by atoms with Gasteiger partial charge in [0.15, 0.2) is 10.4 Å². The topological polar surface area (TPSA) is 51.4 Å². The van der Waals surface area contributed by atoms with E-state index in [1.54, 1.807) is 11.3 Å². The number of rotatable bonds is 3. The zero-order valence-corrected chi connectivity index (χ0v) is 11.8. The van der Waals surface area contributed by atoms with Crippen molar-refractivity contribution in [3.8, 4) is 0 Å². The Kier molecular flexibility index (Phi) is 2.79. The van der Waals surface area contributed by atoms with Crippen molar-refractivity contribution < 1.29 is 0 Å². The van der Waals surface area contributed by atoms with Crippen LogP contribution in [0, 0.1) is 4.77 Å². The van der Waals surface area contributed by atoms with Crippen molar-refractivity contribution in [1.29, 1.82) is 0 Å². The summed E-state index contributed by atoms with van der Waals surface area (Å²) in [6.45, 7) is 2.79. The molecule has 3 rings (SSSR count). The van der Waals surface area contributed by atoms with Gasteiger partial charge in [-0.1, -0.05) is 6.92 Å². The van der Waals surface area contributed by atoms with Crippen LogP contribution in [-0.4, -0.2) is 24.3 Å². The quantitative estimate of drug-likeness (QED) is 0.749. The van der Waals surface area contributed by atoms with Gasteiger partial charge in [0.1, 0.15) is 10.5 Å². The zero-order valence-electron chi connectivity index (χ0n) is 10.2. The maximum absolute atomic E-state index is 5.39. The normalized spacial score (nSPS) is 11.4. The van der Waals surface area contributed by atoms with Crippen molar-refractivity contribution in [3.63, 3.8) is 0 Å². The average Bonchev–Trinajstić information content (AvgIpc) is 3.01. The van der Waals surface area contributed by atoms with Gasteiger partial charge >= 0.3 is 0 Å². The minimum absolute atomic E-state index is 0.694. The standard InChI is InChI=1S/C11H13N5S2/c1-3-7-9-10(15(2)14-7)16(11(17)13-9)6-8-12-4-5-18-8/h4-5H,3,6H2,1-2H3,(H,13,17). The summed E-state index contributed by atoms with van der Waals surface area (Å²) in [5.41, 5.74) is 3.13. The molecule has 0 aliphatic carbocycles. The molecule has 0 radical (unpaired) electrons. The van der Waals surface area contributed by atoms with Gasteiger partial charge in [-0.15, -0.1) is 11.3 Å². The Labute approximate surface area is 113 Å². The molecule has 3 aromatic heterocycles. The first-order chi connectivity index (χ1) is 8.70. The van der Waals surface area contributed by atoms with Gasteiger partial charge in [-0.2, -0.15) is 5.10 Å². The number of aromatic amines is 1. The highest BCUT2D eigenvalue weighted by Crippen LogP contribution is 2.19. The Morgan fingerprint density at radius 2 is 2.33 bits per heavy atom. The summed E-state index contributed by atoms with van der Waals surface area (Å²) in [7, 11) is 1.95. The summed E-state index contributed by atoms with van der Waals surface area (Å²) in [5.74, 6) is 0. The third-order valence-electron chi connectivity index (χ3n) is 2.93. The minimum Gasteiger partial charge on any atom is -0.328 e. The van der Waals surface area contributed by atoms with Gasteiger partial charge in [0, 0.05) is 18.6 Å². The third kappa shape index (κ3) is 1.70. The largest absolute Gasteiger partial charge is 0.328 e. The van der Waals surface area contributed by atoms with Gasteiger partial charge in [-0.3, -0.25) is 9.25 Å². The summed E-state index contributed by atoms with van der Waals surface area (Å²) in [6.07, 6.45) is 2.71. The summed E-state index contributed by atoms with van der Waals surface area (Å²) in [6, 6.07) is 0. The molecule has 0 aliphatic rings. The van der Waals surface area contributed by atoms with E-state index >= 15 is 0 Å². The molecule has 7 heteroatoms. The lowest BCUT2D eigenvalue weighted by Crippen LogP contribution is -2.04. The molecule has 0 saturated carbocycles. The molecular formula is C11H13N5S2. The van der Waals surface area contributed by atoms with E-state index in [9.17, 15) is 0 Å². The molecule has 0 spiro atoms. The first kappa shape index (κ1) is 11.6. The molecule has 3 aromatic rings. The Morgan fingerprint density at radius 3 is 3.00 bits per heavy atom. The molecular weight excluding hydrogens is 266 g/mol. The fourth-order valence-electron chi connectivity index (χ4n) is 2.14. The van der Waals surface area contributed by atoms with Gasteiger partial charge in [-0.05, 0) is 18.6 Å². The number of aromatic nitrogens is 5. The molecule has 0 aromatic carbocycles. The number of hydrogen-bond acceptors (Lipinski definition) is 4. The molecule has 0 unspecified atom stereocenters. The highest BCUT2D eigenvalue weighted by atomic mass is 32.1. The first-order valence-electron chi connectivity index (χ1n) is 5.73. The summed E-state index contributed by atoms with van der Waals surface area (Å²) < 4.78 is 4.66. The van der Waals surface area contributed by atoms with Gasteiger partial charge in [0.25, 0.3) is 0 Å². The Balaban J connectivity index is 2.19. The Morgan fingerprint density at radius 1 is 1.50 bits per heavy atom. The fourth-order valence-corrected chi connectivity index (χ4v) is 3.00. The molecule has 0 bridgehead atoms. The van der Waals surface area contributed by atoms with Crippen molar-refractivity contribution in [2.24, 2.45) is 7.05 Å². The molecule has 1 N–H and O–H groups in total. The number of thiazole rings is 1. The average molecular weight is 279 g/mol. The fraction of sp³-hybridized carbons (Fsp3) is 0.364. The van der Waals surface area contributed by atoms with Crippen LogP contribution in [-0.2, 0) is 20.0 Å². The van der Waals surface area contributed by atoms with E-state index in [1.807, 2.05) is 23.3 Å². The maximum Gasteiger partial charge on any atom is 0.179 e. The van der Waals surface area contributed by atoms with Crippen LogP contribution >= 0.6 is 23.6 Å². The van der Waals surface area contributed by atoms with Crippen LogP contribution in [0.4, 0.5) is 0 Å². The van der Waals surface area contributed by atoms with Crippen LogP contribution < -0.4 is 0 Å². The number of nitrogens with one attached hydrogen (secondary N) is 1. The monoisotopic (exact) mass is 279 g/mol. The van der Waals surface area contributed by atoms with Crippen molar-refractivity contribution in [2.45, 2.75) is 19.9 Å². The molecule has 3 heterocycles. The second-order valence-corrected chi connectivity index (χ2v) is 5.43. The molecule has 18 heavy (non-hydrogen) atoms. The van der Waals surface area contributed by atoms with Crippen LogP contribution in [0.15, 0.2) is 11.6 Å². The van der Waals surface area contributed by atoms with E-state index in [1.165, 1.54) is 0 Å². The number of hydrogen-bond donors (Lipinski definition) is 1. The molecule has 94 valence electrons. The lowest BCUT2D eigenvalue weighted by molar-refractivity contribution is 0.707. The van der Waals surface area contributed by atoms with Crippen molar-refractivity contribution >= 4 is 34.7 Å². The van der Waals surface area contributed by atoms with Gasteiger partial charge in [0.2, 0.25) is 0 Å². The Bertz CT molecular complexity index is 731. The predicted octanol–water partition coefficient (Wildman–Crippen LogP) is 2.50. The molecule has 0 fully saturated rings. The van der Waals surface area contributed by atoms with E-state index in [0.717, 1.165) is 33.1 Å². The van der Waals surface area contributed by atoms with Crippen LogP contribution in [0.3, 0.4) is 0 Å². The summed E-state index contributed by atoms with van der Waals surface area (Å²) in [4.78, 5) is 7.55. The second-order valence-electron chi connectivity index (χ2n) is 4.06. The summed E-state index contributed by atoms with van der Waals surface area (Å²) >= 11 is 7.03. The predicted molar refractivity (Wildman–Crippen MR) is 74.5 cm³/mol. The maximum atomic E-state index is 5.39. The van der Waals surface area contributed by atoms with E-state index in [-0.39, 0.29) is 0 Å². The molecule has 0 saturated heterocycles. The minimum atomic E-state index is 0.694. The van der Waals surface area contributed by atoms with Crippen molar-refractivity contribution in [2.75, 3.05) is 0 Å². The second kappa shape index (κ2) is 4.33. The van der Waals surface area contributed by atoms with Crippen molar-refractivity contribution in [3.05, 3.63) is 27.0 Å². The van der Waals surface area contributed by atoms with E-state index in [2.05, 4.69) is 26.6 Å². The van der Waals surface area contributed by atoms with Crippen LogP contribution in [0.5, 0.6) is 0 Å². The van der Waals surface area contributed by atoms with E-state index in [4.69, 9.17) is 12.2 Å². The number of imidazole rings is 1. The lowest BCUT2D eigenvalue weighted by Gasteiger charge is -2.01. The summed E-state index contributed by atoms with van der Waals surface area (Å²) in [5, 5.41) is 7.52.